The molecule has 0 spiro atoms. The molecule has 2 heterocycles. The maximum atomic E-state index is 14.1. The molecule has 0 unspecified atom stereocenters. The van der Waals surface area contributed by atoms with E-state index in [4.69, 9.17) is 6.11 Å². The Morgan fingerprint density at radius 3 is 2.40 bits per heavy atom. The molecule has 10 nitrogen and oxygen atoms in total. The van der Waals surface area contributed by atoms with Gasteiger partial charge in [-0.2, -0.15) is 0 Å². The van der Waals surface area contributed by atoms with Crippen molar-refractivity contribution in [1.29, 1.82) is 0 Å². The zero-order chi connectivity index (χ0) is 34.2. The van der Waals surface area contributed by atoms with Crippen molar-refractivity contribution < 1.29 is 30.1 Å². The third kappa shape index (κ3) is 9.65. The molecule has 2 N–H and O–H groups in total. The Labute approximate surface area is 269 Å². The Hall–Kier alpha value is -3.69. The highest BCUT2D eigenvalue weighted by Crippen LogP contribution is 2.30. The number of hydrogen-bond donors (Lipinski definition) is 2. The van der Waals surface area contributed by atoms with Gasteiger partial charge in [-0.15, -0.1) is 0 Å². The number of likely N-dealkylation sites (tertiary alicyclic amines) is 1. The van der Waals surface area contributed by atoms with Crippen molar-refractivity contribution in [3.05, 3.63) is 36.0 Å². The molecule has 1 aliphatic heterocycles. The van der Waals surface area contributed by atoms with Crippen molar-refractivity contribution in [2.24, 2.45) is 11.3 Å². The zero-order valence-corrected chi connectivity index (χ0v) is 28.0. The molecule has 10 heteroatoms. The minimum absolute atomic E-state index is 0.0166. The van der Waals surface area contributed by atoms with Crippen LogP contribution in [-0.2, 0) is 30.3 Å². The van der Waals surface area contributed by atoms with Gasteiger partial charge in [-0.3, -0.25) is 19.0 Å². The molecule has 3 rings (SSSR count). The first kappa shape index (κ1) is 34.2. The number of rotatable bonds is 13. The molecule has 0 radical (unpaired) electrons. The summed E-state index contributed by atoms with van der Waals surface area (Å²) in [7, 11) is 1.26. The van der Waals surface area contributed by atoms with Crippen LogP contribution < -0.4 is 10.6 Å². The van der Waals surface area contributed by atoms with E-state index in [1.54, 1.807) is 24.4 Å². The summed E-state index contributed by atoms with van der Waals surface area (Å²) in [6.07, 6.45) is 6.98. The second-order valence-corrected chi connectivity index (χ2v) is 13.7. The van der Waals surface area contributed by atoms with E-state index in [-0.39, 0.29) is 42.3 Å². The highest BCUT2D eigenvalue weighted by Gasteiger charge is 2.35. The molecule has 1 aromatic carbocycles. The summed E-state index contributed by atoms with van der Waals surface area (Å²) >= 11 is 0. The normalized spacial score (nSPS) is 19.3. The summed E-state index contributed by atoms with van der Waals surface area (Å²) in [5.41, 5.74) is 0.768. The monoisotopic (exact) mass is 625 g/mol. The fraction of sp³-hybridized carbons (Fsp3) is 0.629. The van der Waals surface area contributed by atoms with Crippen molar-refractivity contribution in [2.45, 2.75) is 123 Å². The van der Waals surface area contributed by atoms with Gasteiger partial charge < -0.3 is 25.1 Å². The number of para-hydroxylation sites is 1. The van der Waals surface area contributed by atoms with E-state index in [9.17, 15) is 24.0 Å². The summed E-state index contributed by atoms with van der Waals surface area (Å²) in [6, 6.07) is 3.33. The first-order valence-corrected chi connectivity index (χ1v) is 16.2. The Bertz CT molecular complexity index is 1390. The highest BCUT2D eigenvalue weighted by atomic mass is 16.5. The van der Waals surface area contributed by atoms with E-state index in [1.807, 2.05) is 46.4 Å². The van der Waals surface area contributed by atoms with Crippen LogP contribution in [0.5, 0.6) is 0 Å². The van der Waals surface area contributed by atoms with Gasteiger partial charge >= 0.3 is 6.09 Å². The number of fused-ring (bicyclic) bond motifs is 1. The molecular weight excluding hydrogens is 572 g/mol. The van der Waals surface area contributed by atoms with E-state index in [0.717, 1.165) is 32.1 Å². The summed E-state index contributed by atoms with van der Waals surface area (Å²) < 4.78 is 14.4. The Morgan fingerprint density at radius 1 is 1.11 bits per heavy atom. The quantitative estimate of drug-likeness (QED) is 0.288. The predicted molar refractivity (Wildman–Crippen MR) is 175 cm³/mol. The van der Waals surface area contributed by atoms with Gasteiger partial charge in [0.2, 0.25) is 17.7 Å². The van der Waals surface area contributed by atoms with Crippen LogP contribution in [0.1, 0.15) is 99.8 Å². The molecule has 45 heavy (non-hydrogen) atoms. The van der Waals surface area contributed by atoms with Gasteiger partial charge in [0.25, 0.3) is 0 Å². The van der Waals surface area contributed by atoms with E-state index < -0.39 is 35.9 Å². The number of carbonyl (C=O) groups excluding carboxylic acids is 5. The molecule has 0 aliphatic carbocycles. The fourth-order valence-corrected chi connectivity index (χ4v) is 6.42. The van der Waals surface area contributed by atoms with Crippen molar-refractivity contribution in [3.63, 3.8) is 0 Å². The van der Waals surface area contributed by atoms with Gasteiger partial charge in [-0.1, -0.05) is 58.7 Å². The van der Waals surface area contributed by atoms with Gasteiger partial charge in [0.1, 0.15) is 12.3 Å². The number of hydrogen-bond acceptors (Lipinski definition) is 6. The summed E-state index contributed by atoms with van der Waals surface area (Å²) in [5, 5.41) is 6.28. The minimum atomic E-state index is -1.12. The second kappa shape index (κ2) is 16.0. The van der Waals surface area contributed by atoms with Crippen molar-refractivity contribution >= 4 is 41.0 Å². The highest BCUT2D eigenvalue weighted by molar-refractivity contribution is 5.94. The number of aldehydes is 1. The Balaban J connectivity index is 1.98. The standard InChI is InChI=1S/C35H52N4O6/c1-8-9-15-27(22-40)36-33(43)29(18-26-21-38(34(44)45-7)30-17-11-10-16-28(26)30)37-32(42)25(20-35(4,5)6)19-31(41)39-23(2)13-12-14-24(39)3/h10-11,16-17,21-25,27,29H,8-9,12-15,18-20H2,1-7H3,(H,36,43)(H,37,42)/t23-,24+,25-,27+,29+/m0/s1/i10D. The molecule has 1 aliphatic rings. The molecule has 0 saturated carbocycles. The average molecular weight is 626 g/mol. The van der Waals surface area contributed by atoms with E-state index in [0.29, 0.717) is 35.6 Å². The average Bonchev–Trinajstić information content (AvgIpc) is 3.34. The first-order chi connectivity index (χ1) is 21.7. The van der Waals surface area contributed by atoms with Crippen molar-refractivity contribution in [3.8, 4) is 0 Å². The first-order valence-electron chi connectivity index (χ1n) is 16.7. The van der Waals surface area contributed by atoms with Crippen LogP contribution in [0.2, 0.25) is 0 Å². The maximum Gasteiger partial charge on any atom is 0.418 e. The number of ether oxygens (including phenoxy) is 1. The van der Waals surface area contributed by atoms with Gasteiger partial charge in [0.05, 0.1) is 20.0 Å². The van der Waals surface area contributed by atoms with Crippen LogP contribution in [0.3, 0.4) is 0 Å². The lowest BCUT2D eigenvalue weighted by Crippen LogP contribution is -2.53. The van der Waals surface area contributed by atoms with Crippen LogP contribution in [0.4, 0.5) is 4.79 Å². The number of piperidine rings is 1. The number of aromatic nitrogens is 1. The summed E-state index contributed by atoms with van der Waals surface area (Å²) in [6.45, 7) is 12.1. The number of benzene rings is 1. The van der Waals surface area contributed by atoms with Gasteiger partial charge in [0.15, 0.2) is 0 Å². The molecular formula is C35H52N4O6. The number of unbranched alkanes of at least 4 members (excludes halogenated alkanes) is 1. The lowest BCUT2D eigenvalue weighted by atomic mass is 9.82. The summed E-state index contributed by atoms with van der Waals surface area (Å²) in [4.78, 5) is 67.8. The van der Waals surface area contributed by atoms with E-state index in [1.165, 1.54) is 11.7 Å². The minimum Gasteiger partial charge on any atom is -0.452 e. The lowest BCUT2D eigenvalue weighted by Gasteiger charge is -2.40. The van der Waals surface area contributed by atoms with Crippen molar-refractivity contribution in [1.82, 2.24) is 20.1 Å². The Kier molecular flexibility index (Phi) is 12.2. The third-order valence-corrected chi connectivity index (χ3v) is 8.65. The van der Waals surface area contributed by atoms with Crippen molar-refractivity contribution in [2.75, 3.05) is 7.11 Å². The van der Waals surface area contributed by atoms with Crippen LogP contribution in [0.15, 0.2) is 30.4 Å². The molecule has 1 aromatic heterocycles. The zero-order valence-electron chi connectivity index (χ0n) is 29.0. The molecule has 0 bridgehead atoms. The largest absolute Gasteiger partial charge is 0.452 e. The molecule has 1 fully saturated rings. The summed E-state index contributed by atoms with van der Waals surface area (Å²) in [5.74, 6) is -1.73. The molecule has 2 aromatic rings. The Morgan fingerprint density at radius 2 is 1.80 bits per heavy atom. The van der Waals surface area contributed by atoms with Gasteiger partial charge in [-0.25, -0.2) is 4.79 Å². The molecule has 248 valence electrons. The van der Waals surface area contributed by atoms with Gasteiger partial charge in [0, 0.05) is 42.4 Å². The second-order valence-electron chi connectivity index (χ2n) is 13.7. The molecule has 1 saturated heterocycles. The topological polar surface area (TPSA) is 127 Å². The SMILES string of the molecule is [2H]c1ccc2c(c1)c(C[C@@H](NC(=O)[C@@H](CC(=O)N1[C@H](C)CCC[C@@H]1C)CC(C)(C)C)C(=O)N[C@@H](C=O)CCCC)cn2C(=O)OC. The third-order valence-electron chi connectivity index (χ3n) is 8.65. The predicted octanol–water partition coefficient (Wildman–Crippen LogP) is 5.39. The number of carbonyl (C=O) groups is 5. The van der Waals surface area contributed by atoms with E-state index in [2.05, 4.69) is 10.6 Å². The number of nitrogens with one attached hydrogen (secondary N) is 2. The molecule has 5 atom stereocenters. The number of methoxy groups -OCH3 is 1. The van der Waals surface area contributed by atoms with Crippen LogP contribution >= 0.6 is 0 Å². The number of nitrogens with zero attached hydrogens (tertiary/aromatic N) is 2. The maximum absolute atomic E-state index is 14.1. The lowest BCUT2D eigenvalue weighted by molar-refractivity contribution is -0.142. The van der Waals surface area contributed by atoms with Crippen LogP contribution in [0, 0.1) is 11.3 Å². The van der Waals surface area contributed by atoms with Crippen LogP contribution in [-0.4, -0.2) is 70.8 Å². The molecule has 3 amide bonds. The van der Waals surface area contributed by atoms with Gasteiger partial charge in [-0.05, 0) is 63.0 Å². The number of amides is 3. The van der Waals surface area contributed by atoms with E-state index >= 15 is 0 Å². The van der Waals surface area contributed by atoms with Crippen LogP contribution in [0.25, 0.3) is 10.9 Å². The fourth-order valence-electron chi connectivity index (χ4n) is 6.42. The smallest absolute Gasteiger partial charge is 0.418 e.